The van der Waals surface area contributed by atoms with E-state index in [9.17, 15) is 9.59 Å². The first kappa shape index (κ1) is 18.1. The molecule has 0 atom stereocenters. The second-order valence-electron chi connectivity index (χ2n) is 5.80. The molecule has 0 aliphatic heterocycles. The molecule has 0 unspecified atom stereocenters. The van der Waals surface area contributed by atoms with Crippen molar-refractivity contribution in [2.75, 3.05) is 7.05 Å². The van der Waals surface area contributed by atoms with E-state index in [0.717, 1.165) is 16.8 Å². The third-order valence-corrected chi connectivity index (χ3v) is 3.89. The molecule has 1 aromatic heterocycles. The Morgan fingerprint density at radius 1 is 1.07 bits per heavy atom. The molecule has 27 heavy (non-hydrogen) atoms. The van der Waals surface area contributed by atoms with Crippen molar-refractivity contribution in [3.05, 3.63) is 83.6 Å². The van der Waals surface area contributed by atoms with Crippen LogP contribution in [0.1, 0.15) is 21.7 Å². The van der Waals surface area contributed by atoms with E-state index in [0.29, 0.717) is 11.3 Å². The number of nitrogens with one attached hydrogen (secondary N) is 2. The maximum Gasteiger partial charge on any atom is 0.251 e. The average Bonchev–Trinajstić information content (AvgIpc) is 3.20. The zero-order valence-corrected chi connectivity index (χ0v) is 14.8. The predicted octanol–water partition coefficient (Wildman–Crippen LogP) is 3.03. The lowest BCUT2D eigenvalue weighted by molar-refractivity contribution is -0.116. The van der Waals surface area contributed by atoms with Crippen LogP contribution in [0.25, 0.3) is 17.3 Å². The zero-order chi connectivity index (χ0) is 19.1. The Labute approximate surface area is 156 Å². The van der Waals surface area contributed by atoms with Crippen molar-refractivity contribution in [2.24, 2.45) is 0 Å². The number of hydrogen-bond acceptors (Lipinski definition) is 4. The van der Waals surface area contributed by atoms with Crippen molar-refractivity contribution in [1.29, 1.82) is 0 Å². The maximum absolute atomic E-state index is 12.0. The Morgan fingerprint density at radius 3 is 2.52 bits per heavy atom. The Morgan fingerprint density at radius 2 is 1.81 bits per heavy atom. The van der Waals surface area contributed by atoms with Gasteiger partial charge < -0.3 is 15.2 Å². The average molecular weight is 361 g/mol. The molecule has 3 aromatic rings. The summed E-state index contributed by atoms with van der Waals surface area (Å²) in [6.45, 7) is 0.249. The highest BCUT2D eigenvalue weighted by Gasteiger charge is 2.07. The zero-order valence-electron chi connectivity index (χ0n) is 14.8. The summed E-state index contributed by atoms with van der Waals surface area (Å²) in [5, 5.41) is 9.32. The second-order valence-corrected chi connectivity index (χ2v) is 5.80. The van der Waals surface area contributed by atoms with Crippen molar-refractivity contribution >= 4 is 17.9 Å². The van der Waals surface area contributed by atoms with Gasteiger partial charge in [-0.3, -0.25) is 9.59 Å². The van der Waals surface area contributed by atoms with Gasteiger partial charge in [-0.2, -0.15) is 0 Å². The lowest BCUT2D eigenvalue weighted by Crippen LogP contribution is -2.19. The van der Waals surface area contributed by atoms with Gasteiger partial charge in [0.15, 0.2) is 5.76 Å². The monoisotopic (exact) mass is 361 g/mol. The van der Waals surface area contributed by atoms with Gasteiger partial charge in [0.05, 0.1) is 6.54 Å². The van der Waals surface area contributed by atoms with E-state index in [-0.39, 0.29) is 18.4 Å². The van der Waals surface area contributed by atoms with E-state index in [1.54, 1.807) is 43.5 Å². The molecule has 0 aliphatic carbocycles. The number of carbonyl (C=O) groups excluding carboxylic acids is 2. The van der Waals surface area contributed by atoms with Crippen molar-refractivity contribution in [1.82, 2.24) is 15.8 Å². The number of aromatic nitrogens is 1. The van der Waals surface area contributed by atoms with Crippen LogP contribution < -0.4 is 10.6 Å². The first-order chi connectivity index (χ1) is 13.2. The topological polar surface area (TPSA) is 84.2 Å². The summed E-state index contributed by atoms with van der Waals surface area (Å²) in [4.78, 5) is 23.5. The van der Waals surface area contributed by atoms with E-state index in [2.05, 4.69) is 15.8 Å². The largest absolute Gasteiger partial charge is 0.359 e. The van der Waals surface area contributed by atoms with Gasteiger partial charge in [-0.05, 0) is 23.8 Å². The van der Waals surface area contributed by atoms with Crippen LogP contribution in [-0.2, 0) is 11.3 Å². The molecular weight excluding hydrogens is 342 g/mol. The van der Waals surface area contributed by atoms with Crippen LogP contribution in [0, 0.1) is 0 Å². The van der Waals surface area contributed by atoms with E-state index in [4.69, 9.17) is 4.52 Å². The summed E-state index contributed by atoms with van der Waals surface area (Å²) in [5.74, 6) is 0.179. The molecule has 0 spiro atoms. The quantitative estimate of drug-likeness (QED) is 0.661. The first-order valence-corrected chi connectivity index (χ1v) is 8.45. The van der Waals surface area contributed by atoms with E-state index < -0.39 is 0 Å². The standard InChI is InChI=1S/C21H19N3O3/c1-22-21(26)17-10-7-15(8-11-17)9-12-20(25)23-14-18-13-19(24-27-18)16-5-3-2-4-6-16/h2-13H,14H2,1H3,(H,22,26)(H,23,25)/b12-9-. The number of benzene rings is 2. The van der Waals surface area contributed by atoms with Gasteiger partial charge in [-0.25, -0.2) is 0 Å². The second kappa shape index (κ2) is 8.62. The molecule has 0 radical (unpaired) electrons. The lowest BCUT2D eigenvalue weighted by atomic mass is 10.1. The van der Waals surface area contributed by atoms with Crippen molar-refractivity contribution in [3.8, 4) is 11.3 Å². The summed E-state index contributed by atoms with van der Waals surface area (Å²) in [6, 6.07) is 18.4. The van der Waals surface area contributed by atoms with Crippen molar-refractivity contribution < 1.29 is 14.1 Å². The van der Waals surface area contributed by atoms with E-state index >= 15 is 0 Å². The Balaban J connectivity index is 1.53. The molecule has 2 amide bonds. The first-order valence-electron chi connectivity index (χ1n) is 8.45. The fraction of sp³-hybridized carbons (Fsp3) is 0.0952. The highest BCUT2D eigenvalue weighted by atomic mass is 16.5. The number of rotatable bonds is 6. The molecule has 2 N–H and O–H groups in total. The summed E-state index contributed by atoms with van der Waals surface area (Å²) >= 11 is 0. The lowest BCUT2D eigenvalue weighted by Gasteiger charge is -2.00. The number of hydrogen-bond donors (Lipinski definition) is 2. The normalized spacial score (nSPS) is 10.7. The van der Waals surface area contributed by atoms with Crippen molar-refractivity contribution in [3.63, 3.8) is 0 Å². The third-order valence-electron chi connectivity index (χ3n) is 3.89. The molecule has 6 nitrogen and oxygen atoms in total. The minimum Gasteiger partial charge on any atom is -0.359 e. The van der Waals surface area contributed by atoms with Crippen molar-refractivity contribution in [2.45, 2.75) is 6.54 Å². The molecule has 0 bridgehead atoms. The summed E-state index contributed by atoms with van der Waals surface area (Å²) < 4.78 is 5.25. The van der Waals surface area contributed by atoms with Gasteiger partial charge in [0.1, 0.15) is 5.69 Å². The van der Waals surface area contributed by atoms with Crippen LogP contribution in [0.4, 0.5) is 0 Å². The predicted molar refractivity (Wildman–Crippen MR) is 103 cm³/mol. The van der Waals surface area contributed by atoms with Gasteiger partial charge in [0.25, 0.3) is 5.91 Å². The van der Waals surface area contributed by atoms with Crippen LogP contribution in [-0.4, -0.2) is 24.0 Å². The Kier molecular flexibility index (Phi) is 5.79. The van der Waals surface area contributed by atoms with Crippen LogP contribution in [0.2, 0.25) is 0 Å². The molecule has 2 aromatic carbocycles. The number of carbonyl (C=O) groups is 2. The molecule has 0 saturated heterocycles. The molecule has 0 saturated carbocycles. The minimum absolute atomic E-state index is 0.148. The molecule has 1 heterocycles. The van der Waals surface area contributed by atoms with Crippen LogP contribution >= 0.6 is 0 Å². The van der Waals surface area contributed by atoms with Crippen LogP contribution in [0.3, 0.4) is 0 Å². The van der Waals surface area contributed by atoms with Gasteiger partial charge >= 0.3 is 0 Å². The number of amides is 2. The fourth-order valence-corrected chi connectivity index (χ4v) is 2.44. The molecule has 3 rings (SSSR count). The fourth-order valence-electron chi connectivity index (χ4n) is 2.44. The van der Waals surface area contributed by atoms with E-state index in [1.807, 2.05) is 30.3 Å². The van der Waals surface area contributed by atoms with Gasteiger partial charge in [0, 0.05) is 30.3 Å². The summed E-state index contributed by atoms with van der Waals surface area (Å²) in [5.41, 5.74) is 3.08. The Bertz CT molecular complexity index is 944. The van der Waals surface area contributed by atoms with Gasteiger partial charge in [-0.1, -0.05) is 47.6 Å². The van der Waals surface area contributed by atoms with Crippen LogP contribution in [0.15, 0.2) is 71.3 Å². The highest BCUT2D eigenvalue weighted by molar-refractivity contribution is 5.94. The third kappa shape index (κ3) is 4.92. The minimum atomic E-state index is -0.247. The molecule has 6 heteroatoms. The SMILES string of the molecule is CNC(=O)c1ccc(/C=C\C(=O)NCc2cc(-c3ccccc3)no2)cc1. The highest BCUT2D eigenvalue weighted by Crippen LogP contribution is 2.18. The summed E-state index contributed by atoms with van der Waals surface area (Å²) in [7, 11) is 1.58. The Hall–Kier alpha value is -3.67. The molecule has 0 aliphatic rings. The van der Waals surface area contributed by atoms with Crippen LogP contribution in [0.5, 0.6) is 0 Å². The number of nitrogens with zero attached hydrogens (tertiary/aromatic N) is 1. The molecule has 136 valence electrons. The van der Waals surface area contributed by atoms with E-state index in [1.165, 1.54) is 6.08 Å². The van der Waals surface area contributed by atoms with Gasteiger partial charge in [-0.15, -0.1) is 0 Å². The molecule has 0 fully saturated rings. The van der Waals surface area contributed by atoms with Gasteiger partial charge in [0.2, 0.25) is 5.91 Å². The summed E-state index contributed by atoms with van der Waals surface area (Å²) in [6.07, 6.45) is 3.11. The maximum atomic E-state index is 12.0. The smallest absolute Gasteiger partial charge is 0.251 e. The molecular formula is C21H19N3O3.